The van der Waals surface area contributed by atoms with E-state index in [1.54, 1.807) is 25.3 Å². The summed E-state index contributed by atoms with van der Waals surface area (Å²) >= 11 is 0. The van der Waals surface area contributed by atoms with Crippen LogP contribution in [-0.4, -0.2) is 19.6 Å². The number of fused-ring (bicyclic) bond motifs is 1. The molecule has 3 rings (SSSR count). The first kappa shape index (κ1) is 18.5. The molecule has 2 N–H and O–H groups in total. The maximum atomic E-state index is 12.5. The number of hydrogen-bond acceptors (Lipinski definition) is 5. The number of carbonyl (C=O) groups is 1. The van der Waals surface area contributed by atoms with E-state index in [1.807, 2.05) is 37.3 Å². The van der Waals surface area contributed by atoms with Gasteiger partial charge in [0, 0.05) is 11.9 Å². The highest BCUT2D eigenvalue weighted by atomic mass is 16.5. The Morgan fingerprint density at radius 1 is 1.11 bits per heavy atom. The summed E-state index contributed by atoms with van der Waals surface area (Å²) in [6, 6.07) is 14.5. The van der Waals surface area contributed by atoms with Crippen molar-refractivity contribution in [3.63, 3.8) is 0 Å². The van der Waals surface area contributed by atoms with Gasteiger partial charge in [-0.25, -0.2) is 4.79 Å². The molecular weight excluding hydrogens is 344 g/mol. The molecule has 0 aliphatic heterocycles. The molecule has 0 radical (unpaired) electrons. The van der Waals surface area contributed by atoms with Crippen molar-refractivity contribution in [3.05, 3.63) is 64.5 Å². The summed E-state index contributed by atoms with van der Waals surface area (Å²) in [6.45, 7) is 2.70. The van der Waals surface area contributed by atoms with Gasteiger partial charge in [-0.05, 0) is 36.2 Å². The molecular formula is C21H22N2O4. The first-order valence-corrected chi connectivity index (χ1v) is 8.85. The number of amides is 1. The summed E-state index contributed by atoms with van der Waals surface area (Å²) in [5.41, 5.74) is 1.41. The third-order valence-corrected chi connectivity index (χ3v) is 4.13. The van der Waals surface area contributed by atoms with E-state index in [2.05, 4.69) is 10.6 Å². The minimum absolute atomic E-state index is 0.122. The number of hydrogen-bond donors (Lipinski definition) is 2. The molecule has 0 fully saturated rings. The standard InChI is InChI=1S/C21H22N2O4/c1-3-11-22-19-16-9-4-5-10-17(16)27-21(25)20(19)23-18(24)13-14-7-6-8-15(12-14)26-2/h4-10,12,22H,3,11,13H2,1-2H3,(H,23,24). The third kappa shape index (κ3) is 4.28. The van der Waals surface area contributed by atoms with Gasteiger partial charge in [-0.3, -0.25) is 4.79 Å². The van der Waals surface area contributed by atoms with Crippen molar-refractivity contribution in [2.75, 3.05) is 24.3 Å². The van der Waals surface area contributed by atoms with Crippen LogP contribution in [0.2, 0.25) is 0 Å². The molecule has 0 aliphatic carbocycles. The Hall–Kier alpha value is -3.28. The summed E-state index contributed by atoms with van der Waals surface area (Å²) in [6.07, 6.45) is 1.00. The van der Waals surface area contributed by atoms with Crippen molar-refractivity contribution in [2.45, 2.75) is 19.8 Å². The van der Waals surface area contributed by atoms with Gasteiger partial charge in [0.1, 0.15) is 11.3 Å². The van der Waals surface area contributed by atoms with Gasteiger partial charge in [-0.1, -0.05) is 31.2 Å². The number of ether oxygens (including phenoxy) is 1. The van der Waals surface area contributed by atoms with Crippen LogP contribution in [0, 0.1) is 0 Å². The highest BCUT2D eigenvalue weighted by Gasteiger charge is 2.17. The Balaban J connectivity index is 1.91. The molecule has 140 valence electrons. The predicted octanol–water partition coefficient (Wildman–Crippen LogP) is 3.80. The van der Waals surface area contributed by atoms with Crippen LogP contribution < -0.4 is 21.0 Å². The van der Waals surface area contributed by atoms with Gasteiger partial charge in [0.05, 0.1) is 19.2 Å². The Labute approximate surface area is 157 Å². The Morgan fingerprint density at radius 3 is 2.70 bits per heavy atom. The molecule has 6 heteroatoms. The normalized spacial score (nSPS) is 10.6. The van der Waals surface area contributed by atoms with Gasteiger partial charge in [-0.15, -0.1) is 0 Å². The number of benzene rings is 2. The van der Waals surface area contributed by atoms with Crippen molar-refractivity contribution in [3.8, 4) is 5.75 Å². The zero-order chi connectivity index (χ0) is 19.2. The fraction of sp³-hybridized carbons (Fsp3) is 0.238. The molecule has 1 heterocycles. The van der Waals surface area contributed by atoms with Gasteiger partial charge < -0.3 is 19.8 Å². The van der Waals surface area contributed by atoms with E-state index in [0.29, 0.717) is 23.6 Å². The topological polar surface area (TPSA) is 80.6 Å². The molecule has 0 spiro atoms. The van der Waals surface area contributed by atoms with Crippen molar-refractivity contribution in [1.82, 2.24) is 0 Å². The van der Waals surface area contributed by atoms with Gasteiger partial charge in [0.25, 0.3) is 0 Å². The molecule has 6 nitrogen and oxygen atoms in total. The SMILES string of the molecule is CCCNc1c(NC(=O)Cc2cccc(OC)c2)c(=O)oc2ccccc12. The molecule has 0 aliphatic rings. The number of para-hydroxylation sites is 1. The van der Waals surface area contributed by atoms with Gasteiger partial charge in [-0.2, -0.15) is 0 Å². The van der Waals surface area contributed by atoms with Crippen LogP contribution in [0.1, 0.15) is 18.9 Å². The van der Waals surface area contributed by atoms with E-state index < -0.39 is 5.63 Å². The summed E-state index contributed by atoms with van der Waals surface area (Å²) < 4.78 is 10.5. The number of nitrogens with one attached hydrogen (secondary N) is 2. The van der Waals surface area contributed by atoms with Crippen molar-refractivity contribution < 1.29 is 13.9 Å². The average molecular weight is 366 g/mol. The van der Waals surface area contributed by atoms with Crippen molar-refractivity contribution >= 4 is 28.3 Å². The van der Waals surface area contributed by atoms with Crippen LogP contribution in [-0.2, 0) is 11.2 Å². The number of carbonyl (C=O) groups excluding carboxylic acids is 1. The fourth-order valence-corrected chi connectivity index (χ4v) is 2.85. The highest BCUT2D eigenvalue weighted by Crippen LogP contribution is 2.28. The quantitative estimate of drug-likeness (QED) is 0.622. The van der Waals surface area contributed by atoms with Gasteiger partial charge in [0.2, 0.25) is 5.91 Å². The second-order valence-electron chi connectivity index (χ2n) is 6.14. The predicted molar refractivity (Wildman–Crippen MR) is 107 cm³/mol. The zero-order valence-corrected chi connectivity index (χ0v) is 15.4. The minimum Gasteiger partial charge on any atom is -0.497 e. The van der Waals surface area contributed by atoms with Gasteiger partial charge >= 0.3 is 5.63 Å². The second kappa shape index (κ2) is 8.40. The minimum atomic E-state index is -0.578. The molecule has 1 amide bonds. The van der Waals surface area contributed by atoms with E-state index in [4.69, 9.17) is 9.15 Å². The van der Waals surface area contributed by atoms with Crippen LogP contribution in [0.3, 0.4) is 0 Å². The summed E-state index contributed by atoms with van der Waals surface area (Å²) in [7, 11) is 1.57. The van der Waals surface area contributed by atoms with Gasteiger partial charge in [0.15, 0.2) is 5.69 Å². The Kier molecular flexibility index (Phi) is 5.76. The molecule has 3 aromatic rings. The zero-order valence-electron chi connectivity index (χ0n) is 15.4. The summed E-state index contributed by atoms with van der Waals surface area (Å²) in [5, 5.41) is 6.71. The maximum Gasteiger partial charge on any atom is 0.362 e. The maximum absolute atomic E-state index is 12.5. The van der Waals surface area contributed by atoms with E-state index in [0.717, 1.165) is 17.4 Å². The van der Waals surface area contributed by atoms with E-state index in [1.165, 1.54) is 0 Å². The lowest BCUT2D eigenvalue weighted by molar-refractivity contribution is -0.115. The second-order valence-corrected chi connectivity index (χ2v) is 6.14. The fourth-order valence-electron chi connectivity index (χ4n) is 2.85. The number of rotatable bonds is 7. The van der Waals surface area contributed by atoms with Crippen LogP contribution in [0.15, 0.2) is 57.7 Å². The van der Waals surface area contributed by atoms with Crippen molar-refractivity contribution in [1.29, 1.82) is 0 Å². The van der Waals surface area contributed by atoms with Crippen LogP contribution in [0.4, 0.5) is 11.4 Å². The van der Waals surface area contributed by atoms with E-state index >= 15 is 0 Å². The number of methoxy groups -OCH3 is 1. The molecule has 2 aromatic carbocycles. The van der Waals surface area contributed by atoms with Crippen LogP contribution in [0.25, 0.3) is 11.0 Å². The van der Waals surface area contributed by atoms with Crippen LogP contribution >= 0.6 is 0 Å². The van der Waals surface area contributed by atoms with Crippen LogP contribution in [0.5, 0.6) is 5.75 Å². The first-order valence-electron chi connectivity index (χ1n) is 8.85. The molecule has 0 bridgehead atoms. The average Bonchev–Trinajstić information content (AvgIpc) is 2.68. The molecule has 27 heavy (non-hydrogen) atoms. The van der Waals surface area contributed by atoms with Crippen molar-refractivity contribution in [2.24, 2.45) is 0 Å². The van der Waals surface area contributed by atoms with E-state index in [-0.39, 0.29) is 18.0 Å². The third-order valence-electron chi connectivity index (χ3n) is 4.13. The highest BCUT2D eigenvalue weighted by molar-refractivity contribution is 6.02. The lowest BCUT2D eigenvalue weighted by Crippen LogP contribution is -2.21. The smallest absolute Gasteiger partial charge is 0.362 e. The molecule has 0 saturated carbocycles. The lowest BCUT2D eigenvalue weighted by atomic mass is 10.1. The molecule has 0 saturated heterocycles. The summed E-state index contributed by atoms with van der Waals surface area (Å²) in [4.78, 5) is 25.0. The first-order chi connectivity index (χ1) is 13.1. The molecule has 0 atom stereocenters. The lowest BCUT2D eigenvalue weighted by Gasteiger charge is -2.14. The monoisotopic (exact) mass is 366 g/mol. The molecule has 1 aromatic heterocycles. The largest absolute Gasteiger partial charge is 0.497 e. The Morgan fingerprint density at radius 2 is 1.93 bits per heavy atom. The number of anilines is 2. The van der Waals surface area contributed by atoms with E-state index in [9.17, 15) is 9.59 Å². The Bertz CT molecular complexity index is 1010. The summed E-state index contributed by atoms with van der Waals surface area (Å²) in [5.74, 6) is 0.376. The molecule has 0 unspecified atom stereocenters.